The minimum absolute atomic E-state index is 0.163. The van der Waals surface area contributed by atoms with Crippen LogP contribution in [0, 0.1) is 5.41 Å². The SMILES string of the molecule is O=S1(=O)CC2(CCN(C3CCCCC3)C2)C1. The van der Waals surface area contributed by atoms with Crippen molar-refractivity contribution in [1.29, 1.82) is 0 Å². The normalized spacial score (nSPS) is 34.0. The molecule has 0 amide bonds. The van der Waals surface area contributed by atoms with Crippen molar-refractivity contribution in [1.82, 2.24) is 4.90 Å². The van der Waals surface area contributed by atoms with Crippen LogP contribution in [0.3, 0.4) is 0 Å². The van der Waals surface area contributed by atoms with E-state index in [-0.39, 0.29) is 5.41 Å². The van der Waals surface area contributed by atoms with Gasteiger partial charge in [-0.2, -0.15) is 0 Å². The molecule has 3 fully saturated rings. The zero-order valence-corrected chi connectivity index (χ0v) is 10.6. The van der Waals surface area contributed by atoms with Crippen molar-refractivity contribution >= 4 is 9.84 Å². The molecule has 2 saturated heterocycles. The first-order valence-electron chi connectivity index (χ1n) is 6.53. The van der Waals surface area contributed by atoms with E-state index in [9.17, 15) is 8.42 Å². The van der Waals surface area contributed by atoms with E-state index in [2.05, 4.69) is 4.90 Å². The van der Waals surface area contributed by atoms with Crippen LogP contribution in [-0.2, 0) is 9.84 Å². The van der Waals surface area contributed by atoms with Crippen LogP contribution in [0.25, 0.3) is 0 Å². The van der Waals surface area contributed by atoms with Gasteiger partial charge in [0, 0.05) is 18.0 Å². The lowest BCUT2D eigenvalue weighted by molar-refractivity contribution is 0.172. The average molecular weight is 243 g/mol. The second-order valence-corrected chi connectivity index (χ2v) is 8.11. The summed E-state index contributed by atoms with van der Waals surface area (Å²) in [6.45, 7) is 2.19. The summed E-state index contributed by atoms with van der Waals surface area (Å²) in [6.07, 6.45) is 7.91. The van der Waals surface area contributed by atoms with Crippen molar-refractivity contribution in [3.63, 3.8) is 0 Å². The predicted molar refractivity (Wildman–Crippen MR) is 64.1 cm³/mol. The molecule has 1 aliphatic carbocycles. The molecule has 92 valence electrons. The highest BCUT2D eigenvalue weighted by Crippen LogP contribution is 2.43. The van der Waals surface area contributed by atoms with Gasteiger partial charge in [0.2, 0.25) is 0 Å². The molecule has 1 spiro atoms. The lowest BCUT2D eigenvalue weighted by atomic mass is 9.90. The monoisotopic (exact) mass is 243 g/mol. The van der Waals surface area contributed by atoms with Gasteiger partial charge < -0.3 is 0 Å². The highest BCUT2D eigenvalue weighted by molar-refractivity contribution is 7.92. The van der Waals surface area contributed by atoms with Gasteiger partial charge in [-0.05, 0) is 25.8 Å². The van der Waals surface area contributed by atoms with E-state index in [1.54, 1.807) is 0 Å². The molecule has 2 aliphatic heterocycles. The van der Waals surface area contributed by atoms with E-state index in [0.29, 0.717) is 11.5 Å². The Labute approximate surface area is 98.1 Å². The summed E-state index contributed by atoms with van der Waals surface area (Å²) < 4.78 is 22.6. The molecule has 0 N–H and O–H groups in total. The second kappa shape index (κ2) is 3.70. The third-order valence-electron chi connectivity index (χ3n) is 4.61. The van der Waals surface area contributed by atoms with Gasteiger partial charge in [0.05, 0.1) is 11.5 Å². The van der Waals surface area contributed by atoms with Gasteiger partial charge in [0.1, 0.15) is 0 Å². The van der Waals surface area contributed by atoms with Crippen LogP contribution in [0.15, 0.2) is 0 Å². The van der Waals surface area contributed by atoms with Crippen LogP contribution >= 0.6 is 0 Å². The quantitative estimate of drug-likeness (QED) is 0.699. The van der Waals surface area contributed by atoms with Gasteiger partial charge in [-0.1, -0.05) is 19.3 Å². The molecular weight excluding hydrogens is 222 g/mol. The third kappa shape index (κ3) is 1.90. The topological polar surface area (TPSA) is 37.4 Å². The Kier molecular flexibility index (Phi) is 2.55. The first-order chi connectivity index (χ1) is 7.59. The van der Waals surface area contributed by atoms with Crippen LogP contribution in [0.5, 0.6) is 0 Å². The fourth-order valence-corrected chi connectivity index (χ4v) is 6.11. The van der Waals surface area contributed by atoms with Crippen molar-refractivity contribution in [2.45, 2.75) is 44.6 Å². The van der Waals surface area contributed by atoms with Gasteiger partial charge in [-0.25, -0.2) is 8.42 Å². The number of sulfone groups is 1. The molecule has 0 aromatic rings. The summed E-state index contributed by atoms with van der Waals surface area (Å²) in [4.78, 5) is 2.58. The van der Waals surface area contributed by atoms with E-state index < -0.39 is 9.84 Å². The Balaban J connectivity index is 1.61. The molecule has 0 aromatic carbocycles. The fourth-order valence-electron chi connectivity index (χ4n) is 3.85. The van der Waals surface area contributed by atoms with E-state index in [0.717, 1.165) is 25.6 Å². The van der Waals surface area contributed by atoms with Gasteiger partial charge in [-0.3, -0.25) is 4.90 Å². The summed E-state index contributed by atoms with van der Waals surface area (Å²) in [5.41, 5.74) is 0.163. The minimum Gasteiger partial charge on any atom is -0.300 e. The van der Waals surface area contributed by atoms with Crippen molar-refractivity contribution < 1.29 is 8.42 Å². The molecule has 16 heavy (non-hydrogen) atoms. The maximum Gasteiger partial charge on any atom is 0.151 e. The van der Waals surface area contributed by atoms with Gasteiger partial charge in [-0.15, -0.1) is 0 Å². The fraction of sp³-hybridized carbons (Fsp3) is 1.00. The molecule has 3 rings (SSSR count). The van der Waals surface area contributed by atoms with Crippen molar-refractivity contribution in [3.8, 4) is 0 Å². The number of hydrogen-bond acceptors (Lipinski definition) is 3. The summed E-state index contributed by atoms with van der Waals surface area (Å²) in [5, 5.41) is 0. The first kappa shape index (κ1) is 11.0. The zero-order valence-electron chi connectivity index (χ0n) is 9.82. The molecule has 0 radical (unpaired) electrons. The molecule has 2 heterocycles. The average Bonchev–Trinajstić information content (AvgIpc) is 2.62. The number of hydrogen-bond donors (Lipinski definition) is 0. The van der Waals surface area contributed by atoms with Gasteiger partial charge in [0.25, 0.3) is 0 Å². The number of rotatable bonds is 1. The van der Waals surface area contributed by atoms with Crippen LogP contribution in [0.2, 0.25) is 0 Å². The van der Waals surface area contributed by atoms with Gasteiger partial charge >= 0.3 is 0 Å². The van der Waals surface area contributed by atoms with Crippen LogP contribution in [0.1, 0.15) is 38.5 Å². The maximum atomic E-state index is 11.3. The molecule has 0 aromatic heterocycles. The molecule has 4 heteroatoms. The Morgan fingerprint density at radius 3 is 2.38 bits per heavy atom. The molecule has 3 aliphatic rings. The summed E-state index contributed by atoms with van der Waals surface area (Å²) in [6, 6.07) is 0.761. The Bertz CT molecular complexity index is 358. The van der Waals surface area contributed by atoms with Crippen molar-refractivity contribution in [2.75, 3.05) is 24.6 Å². The largest absolute Gasteiger partial charge is 0.300 e. The maximum absolute atomic E-state index is 11.3. The number of likely N-dealkylation sites (tertiary alicyclic amines) is 1. The van der Waals surface area contributed by atoms with Crippen molar-refractivity contribution in [2.24, 2.45) is 5.41 Å². The summed E-state index contributed by atoms with van der Waals surface area (Å²) >= 11 is 0. The number of nitrogens with zero attached hydrogens (tertiary/aromatic N) is 1. The summed E-state index contributed by atoms with van der Waals surface area (Å²) in [7, 11) is -2.65. The van der Waals surface area contributed by atoms with E-state index in [1.807, 2.05) is 0 Å². The lowest BCUT2D eigenvalue weighted by Gasteiger charge is -2.39. The molecule has 0 unspecified atom stereocenters. The smallest absolute Gasteiger partial charge is 0.151 e. The Morgan fingerprint density at radius 1 is 1.06 bits per heavy atom. The van der Waals surface area contributed by atoms with E-state index in [1.165, 1.54) is 32.1 Å². The third-order valence-corrected chi connectivity index (χ3v) is 6.72. The minimum atomic E-state index is -2.65. The Hall–Kier alpha value is -0.0900. The van der Waals surface area contributed by atoms with Crippen LogP contribution in [0.4, 0.5) is 0 Å². The van der Waals surface area contributed by atoms with Crippen molar-refractivity contribution in [3.05, 3.63) is 0 Å². The summed E-state index contributed by atoms with van der Waals surface area (Å²) in [5.74, 6) is 0.923. The molecular formula is C12H21NO2S. The standard InChI is InChI=1S/C12H21NO2S/c14-16(15)9-12(10-16)6-7-13(8-12)11-4-2-1-3-5-11/h11H,1-10H2. The lowest BCUT2D eigenvalue weighted by Crippen LogP contribution is -2.51. The zero-order chi connectivity index (χ0) is 11.2. The molecule has 1 saturated carbocycles. The molecule has 0 atom stereocenters. The van der Waals surface area contributed by atoms with Gasteiger partial charge in [0.15, 0.2) is 9.84 Å². The second-order valence-electron chi connectivity index (χ2n) is 6.04. The predicted octanol–water partition coefficient (Wildman–Crippen LogP) is 1.44. The highest BCUT2D eigenvalue weighted by Gasteiger charge is 2.52. The molecule has 0 bridgehead atoms. The van der Waals surface area contributed by atoms with Crippen LogP contribution in [-0.4, -0.2) is 44.0 Å². The van der Waals surface area contributed by atoms with Crippen LogP contribution < -0.4 is 0 Å². The first-order valence-corrected chi connectivity index (χ1v) is 8.35. The Morgan fingerprint density at radius 2 is 1.75 bits per heavy atom. The van der Waals surface area contributed by atoms with E-state index in [4.69, 9.17) is 0 Å². The van der Waals surface area contributed by atoms with E-state index >= 15 is 0 Å². The molecule has 3 nitrogen and oxygen atoms in total. The highest BCUT2D eigenvalue weighted by atomic mass is 32.2.